The van der Waals surface area contributed by atoms with Crippen molar-refractivity contribution in [1.29, 1.82) is 0 Å². The predicted octanol–water partition coefficient (Wildman–Crippen LogP) is 4.76. The minimum Gasteiger partial charge on any atom is -0.493 e. The van der Waals surface area contributed by atoms with Gasteiger partial charge < -0.3 is 14.2 Å². The van der Waals surface area contributed by atoms with Gasteiger partial charge in [0.15, 0.2) is 18.1 Å². The van der Waals surface area contributed by atoms with Crippen molar-refractivity contribution in [3.8, 4) is 11.5 Å². The molecule has 0 spiro atoms. The van der Waals surface area contributed by atoms with E-state index in [0.717, 1.165) is 21.0 Å². The van der Waals surface area contributed by atoms with E-state index in [2.05, 4.69) is 9.84 Å². The summed E-state index contributed by atoms with van der Waals surface area (Å²) in [5.41, 5.74) is 1.63. The summed E-state index contributed by atoms with van der Waals surface area (Å²) in [7, 11) is 2.83. The van der Waals surface area contributed by atoms with Crippen LogP contribution in [-0.4, -0.2) is 43.4 Å². The number of methoxy groups -OCH3 is 2. The van der Waals surface area contributed by atoms with Gasteiger partial charge in [0.05, 0.1) is 30.9 Å². The number of rotatable bonds is 8. The second kappa shape index (κ2) is 10.5. The Hall–Kier alpha value is -3.43. The maximum Gasteiger partial charge on any atom is 0.330 e. The molecule has 0 saturated heterocycles. The van der Waals surface area contributed by atoms with Gasteiger partial charge in [-0.2, -0.15) is 5.10 Å². The van der Waals surface area contributed by atoms with E-state index < -0.39 is 5.97 Å². The Morgan fingerprint density at radius 2 is 1.94 bits per heavy atom. The number of amides is 1. The van der Waals surface area contributed by atoms with Crippen molar-refractivity contribution < 1.29 is 23.8 Å². The Balaban J connectivity index is 1.48. The molecule has 0 bridgehead atoms. The third kappa shape index (κ3) is 5.32. The number of carbonyl (C=O) groups is 2. The molecule has 1 unspecified atom stereocenters. The average Bonchev–Trinajstić information content (AvgIpc) is 3.61. The topological polar surface area (TPSA) is 77.4 Å². The standard InChI is InChI=1S/C24H22N2O5S2/c1-29-20-13-16(8-10-24(28)30-2)7-9-19(20)31-15-23(27)26-18(22-6-4-12-33-22)14-17(25-26)21-5-3-11-32-21/h3-13,18H,14-15H2,1-2H3/b10-8+. The Morgan fingerprint density at radius 3 is 2.64 bits per heavy atom. The van der Waals surface area contributed by atoms with Gasteiger partial charge in [-0.15, -0.1) is 22.7 Å². The van der Waals surface area contributed by atoms with Crippen molar-refractivity contribution in [1.82, 2.24) is 5.01 Å². The quantitative estimate of drug-likeness (QED) is 0.342. The third-order valence-corrected chi connectivity index (χ3v) is 6.89. The van der Waals surface area contributed by atoms with Crippen LogP contribution >= 0.6 is 22.7 Å². The van der Waals surface area contributed by atoms with Crippen molar-refractivity contribution in [3.05, 3.63) is 74.6 Å². The van der Waals surface area contributed by atoms with E-state index in [9.17, 15) is 9.59 Å². The summed E-state index contributed by atoms with van der Waals surface area (Å²) in [5, 5.41) is 10.2. The van der Waals surface area contributed by atoms with Crippen LogP contribution in [0.5, 0.6) is 11.5 Å². The molecule has 1 atom stereocenters. The Morgan fingerprint density at radius 1 is 1.12 bits per heavy atom. The van der Waals surface area contributed by atoms with Gasteiger partial charge in [-0.3, -0.25) is 4.79 Å². The maximum atomic E-state index is 13.1. The molecule has 3 heterocycles. The molecule has 0 fully saturated rings. The van der Waals surface area contributed by atoms with Crippen LogP contribution in [0.2, 0.25) is 0 Å². The highest BCUT2D eigenvalue weighted by Gasteiger charge is 2.34. The number of esters is 1. The molecule has 1 aliphatic heterocycles. The highest BCUT2D eigenvalue weighted by molar-refractivity contribution is 7.12. The van der Waals surface area contributed by atoms with Crippen LogP contribution in [0.3, 0.4) is 0 Å². The van der Waals surface area contributed by atoms with E-state index >= 15 is 0 Å². The number of carbonyl (C=O) groups excluding carboxylic acids is 2. The number of hydrogen-bond acceptors (Lipinski definition) is 8. The number of nitrogens with zero attached hydrogens (tertiary/aromatic N) is 2. The van der Waals surface area contributed by atoms with E-state index in [4.69, 9.17) is 9.47 Å². The van der Waals surface area contributed by atoms with Gasteiger partial charge in [-0.25, -0.2) is 9.80 Å². The first kappa shape index (κ1) is 22.8. The lowest BCUT2D eigenvalue weighted by Crippen LogP contribution is -2.31. The van der Waals surface area contributed by atoms with Crippen LogP contribution in [0.1, 0.15) is 27.8 Å². The summed E-state index contributed by atoms with van der Waals surface area (Å²) in [6.45, 7) is -0.184. The Kier molecular flexibility index (Phi) is 7.21. The number of benzene rings is 1. The molecule has 7 nitrogen and oxygen atoms in total. The molecule has 3 aromatic rings. The zero-order valence-corrected chi connectivity index (χ0v) is 19.7. The molecule has 170 valence electrons. The van der Waals surface area contributed by atoms with E-state index in [0.29, 0.717) is 17.9 Å². The van der Waals surface area contributed by atoms with E-state index in [1.54, 1.807) is 46.9 Å². The fourth-order valence-corrected chi connectivity index (χ4v) is 4.91. The predicted molar refractivity (Wildman–Crippen MR) is 129 cm³/mol. The van der Waals surface area contributed by atoms with Crippen LogP contribution in [0.4, 0.5) is 0 Å². The Labute approximate surface area is 199 Å². The summed E-state index contributed by atoms with van der Waals surface area (Å²) >= 11 is 3.22. The lowest BCUT2D eigenvalue weighted by molar-refractivity contribution is -0.135. The van der Waals surface area contributed by atoms with Gasteiger partial charge in [-0.05, 0) is 46.7 Å². The molecule has 1 aliphatic rings. The molecular formula is C24H22N2O5S2. The van der Waals surface area contributed by atoms with Crippen molar-refractivity contribution in [3.63, 3.8) is 0 Å². The Bertz CT molecular complexity index is 1170. The normalized spacial score (nSPS) is 15.5. The summed E-state index contributed by atoms with van der Waals surface area (Å²) in [5.74, 6) is 0.189. The SMILES string of the molecule is COC(=O)/C=C/c1ccc(OCC(=O)N2N=C(c3cccs3)CC2c2cccs2)c(OC)c1. The van der Waals surface area contributed by atoms with Crippen LogP contribution in [0.15, 0.2) is 64.4 Å². The molecule has 0 saturated carbocycles. The van der Waals surface area contributed by atoms with Crippen LogP contribution < -0.4 is 9.47 Å². The van der Waals surface area contributed by atoms with Crippen molar-refractivity contribution in [2.75, 3.05) is 20.8 Å². The zero-order valence-electron chi connectivity index (χ0n) is 18.1. The molecule has 9 heteroatoms. The molecule has 0 aliphatic carbocycles. The molecule has 1 amide bonds. The zero-order chi connectivity index (χ0) is 23.2. The van der Waals surface area contributed by atoms with Gasteiger partial charge in [0, 0.05) is 17.4 Å². The van der Waals surface area contributed by atoms with Crippen molar-refractivity contribution in [2.24, 2.45) is 5.10 Å². The smallest absolute Gasteiger partial charge is 0.330 e. The molecular weight excluding hydrogens is 460 g/mol. The first-order valence-electron chi connectivity index (χ1n) is 10.1. The highest BCUT2D eigenvalue weighted by atomic mass is 32.1. The third-order valence-electron chi connectivity index (χ3n) is 4.99. The fraction of sp³-hybridized carbons (Fsp3) is 0.208. The van der Waals surface area contributed by atoms with Gasteiger partial charge in [0.25, 0.3) is 5.91 Å². The lowest BCUT2D eigenvalue weighted by Gasteiger charge is -2.21. The van der Waals surface area contributed by atoms with Gasteiger partial charge in [-0.1, -0.05) is 18.2 Å². The summed E-state index contributed by atoms with van der Waals surface area (Å²) in [6, 6.07) is 13.0. The summed E-state index contributed by atoms with van der Waals surface area (Å²) in [6.07, 6.45) is 3.59. The monoisotopic (exact) mass is 482 g/mol. The second-order valence-corrected chi connectivity index (χ2v) is 8.98. The fourth-order valence-electron chi connectivity index (χ4n) is 3.38. The van der Waals surface area contributed by atoms with Crippen LogP contribution in [0, 0.1) is 0 Å². The minimum atomic E-state index is -0.451. The number of hydrazone groups is 1. The summed E-state index contributed by atoms with van der Waals surface area (Å²) < 4.78 is 15.8. The number of hydrogen-bond donors (Lipinski definition) is 0. The van der Waals surface area contributed by atoms with Gasteiger partial charge in [0.2, 0.25) is 0 Å². The summed E-state index contributed by atoms with van der Waals surface area (Å²) in [4.78, 5) is 26.6. The van der Waals surface area contributed by atoms with Crippen molar-refractivity contribution >= 4 is 46.3 Å². The lowest BCUT2D eigenvalue weighted by atomic mass is 10.1. The van der Waals surface area contributed by atoms with Crippen molar-refractivity contribution in [2.45, 2.75) is 12.5 Å². The molecule has 0 N–H and O–H groups in total. The average molecular weight is 483 g/mol. The largest absolute Gasteiger partial charge is 0.493 e. The van der Waals surface area contributed by atoms with E-state index in [-0.39, 0.29) is 18.6 Å². The van der Waals surface area contributed by atoms with Gasteiger partial charge in [0.1, 0.15) is 0 Å². The maximum absolute atomic E-state index is 13.1. The molecule has 4 rings (SSSR count). The highest BCUT2D eigenvalue weighted by Crippen LogP contribution is 2.36. The molecule has 2 aromatic heterocycles. The second-order valence-electron chi connectivity index (χ2n) is 7.05. The van der Waals surface area contributed by atoms with Crippen LogP contribution in [-0.2, 0) is 14.3 Å². The molecule has 1 aromatic carbocycles. The molecule has 0 radical (unpaired) electrons. The first-order chi connectivity index (χ1) is 16.1. The first-order valence-corrected chi connectivity index (χ1v) is 11.9. The molecule has 33 heavy (non-hydrogen) atoms. The number of thiophene rings is 2. The van der Waals surface area contributed by atoms with E-state index in [1.165, 1.54) is 25.3 Å². The number of ether oxygens (including phenoxy) is 3. The van der Waals surface area contributed by atoms with E-state index in [1.807, 2.05) is 35.0 Å². The van der Waals surface area contributed by atoms with Crippen LogP contribution in [0.25, 0.3) is 6.08 Å². The van der Waals surface area contributed by atoms with Gasteiger partial charge >= 0.3 is 5.97 Å². The minimum absolute atomic E-state index is 0.147.